The third kappa shape index (κ3) is 5.67. The summed E-state index contributed by atoms with van der Waals surface area (Å²) < 4.78 is 31.3. The molecule has 1 aliphatic carbocycles. The third-order valence-corrected chi connectivity index (χ3v) is 5.95. The van der Waals surface area contributed by atoms with E-state index in [1.54, 1.807) is 0 Å². The average molecular weight is 465 g/mol. The van der Waals surface area contributed by atoms with Crippen LogP contribution in [0.2, 0.25) is 0 Å². The average Bonchev–Trinajstić information content (AvgIpc) is 3.09. The van der Waals surface area contributed by atoms with Gasteiger partial charge in [0.05, 0.1) is 18.4 Å². The van der Waals surface area contributed by atoms with E-state index in [9.17, 15) is 23.2 Å². The number of methoxy groups -OCH3 is 1. The predicted molar refractivity (Wildman–Crippen MR) is 115 cm³/mol. The first-order chi connectivity index (χ1) is 15.3. The van der Waals surface area contributed by atoms with Gasteiger partial charge >= 0.3 is 5.97 Å². The number of halogens is 2. The molecule has 0 aliphatic heterocycles. The first-order valence-electron chi connectivity index (χ1n) is 9.72. The maximum absolute atomic E-state index is 13.5. The molecule has 3 rings (SSSR count). The summed E-state index contributed by atoms with van der Waals surface area (Å²) in [5.74, 6) is -3.16. The van der Waals surface area contributed by atoms with E-state index in [-0.39, 0.29) is 5.69 Å². The Morgan fingerprint density at radius 1 is 1.28 bits per heavy atom. The lowest BCUT2D eigenvalue weighted by Gasteiger charge is -2.18. The van der Waals surface area contributed by atoms with E-state index >= 15 is 0 Å². The molecule has 170 valence electrons. The number of amides is 2. The lowest BCUT2D eigenvalue weighted by molar-refractivity contribution is -0.120. The first kappa shape index (κ1) is 23.3. The highest BCUT2D eigenvalue weighted by Gasteiger charge is 2.28. The topological polar surface area (TPSA) is 106 Å². The minimum atomic E-state index is -0.943. The number of rotatable bonds is 7. The monoisotopic (exact) mass is 465 g/mol. The zero-order chi connectivity index (χ0) is 23.3. The molecule has 32 heavy (non-hydrogen) atoms. The Kier molecular flexibility index (Phi) is 7.52. The second-order valence-electron chi connectivity index (χ2n) is 7.22. The fourth-order valence-corrected chi connectivity index (χ4v) is 4.67. The van der Waals surface area contributed by atoms with Crippen molar-refractivity contribution in [2.75, 3.05) is 24.4 Å². The largest absolute Gasteiger partial charge is 0.465 e. The first-order valence-corrected chi connectivity index (χ1v) is 10.5. The Hall–Kier alpha value is -3.34. The Morgan fingerprint density at radius 2 is 2.06 bits per heavy atom. The maximum atomic E-state index is 13.5. The molecule has 2 N–H and O–H groups in total. The molecule has 1 aliphatic rings. The number of carbonyl (C=O) groups excluding carboxylic acids is 3. The molecule has 1 unspecified atom stereocenters. The van der Waals surface area contributed by atoms with Crippen molar-refractivity contribution in [2.45, 2.75) is 26.2 Å². The molecule has 2 amide bonds. The van der Waals surface area contributed by atoms with Gasteiger partial charge in [-0.15, -0.1) is 11.3 Å². The van der Waals surface area contributed by atoms with Crippen molar-refractivity contribution in [2.24, 2.45) is 11.1 Å². The number of anilines is 2. The van der Waals surface area contributed by atoms with E-state index in [4.69, 9.17) is 9.57 Å². The Balaban J connectivity index is 1.56. The summed E-state index contributed by atoms with van der Waals surface area (Å²) in [6.45, 7) is 1.61. The number of fused-ring (bicyclic) bond motifs is 1. The van der Waals surface area contributed by atoms with E-state index in [0.29, 0.717) is 28.8 Å². The Bertz CT molecular complexity index is 1070. The molecular weight excluding hydrogens is 444 g/mol. The molecule has 0 saturated heterocycles. The van der Waals surface area contributed by atoms with Gasteiger partial charge in [0.1, 0.15) is 22.9 Å². The van der Waals surface area contributed by atoms with Crippen LogP contribution in [0.1, 0.15) is 34.1 Å². The van der Waals surface area contributed by atoms with Crippen molar-refractivity contribution < 1.29 is 32.7 Å². The van der Waals surface area contributed by atoms with Crippen molar-refractivity contribution >= 4 is 46.0 Å². The molecule has 1 aromatic heterocycles. The molecule has 1 heterocycles. The van der Waals surface area contributed by atoms with Crippen molar-refractivity contribution in [3.63, 3.8) is 0 Å². The van der Waals surface area contributed by atoms with Crippen LogP contribution < -0.4 is 10.6 Å². The van der Waals surface area contributed by atoms with Crippen LogP contribution in [-0.4, -0.2) is 37.7 Å². The van der Waals surface area contributed by atoms with Crippen molar-refractivity contribution in [1.82, 2.24) is 0 Å². The highest BCUT2D eigenvalue weighted by Crippen LogP contribution is 2.40. The van der Waals surface area contributed by atoms with Crippen LogP contribution in [0, 0.1) is 17.6 Å². The van der Waals surface area contributed by atoms with Crippen LogP contribution in [0.25, 0.3) is 0 Å². The number of carbonyl (C=O) groups is 3. The second kappa shape index (κ2) is 10.3. The molecular formula is C21H21F2N3O5S. The summed E-state index contributed by atoms with van der Waals surface area (Å²) in [6, 6.07) is 2.67. The normalized spacial score (nSPS) is 15.2. The minimum Gasteiger partial charge on any atom is -0.465 e. The third-order valence-electron chi connectivity index (χ3n) is 4.78. The lowest BCUT2D eigenvalue weighted by Crippen LogP contribution is -2.19. The van der Waals surface area contributed by atoms with Crippen molar-refractivity contribution in [3.8, 4) is 0 Å². The molecule has 0 radical (unpaired) electrons. The van der Waals surface area contributed by atoms with Crippen molar-refractivity contribution in [1.29, 1.82) is 0 Å². The van der Waals surface area contributed by atoms with E-state index in [1.165, 1.54) is 18.4 Å². The van der Waals surface area contributed by atoms with E-state index in [1.807, 2.05) is 0 Å². The van der Waals surface area contributed by atoms with E-state index in [2.05, 4.69) is 22.7 Å². The number of nitrogens with zero attached hydrogens (tertiary/aromatic N) is 1. The highest BCUT2D eigenvalue weighted by molar-refractivity contribution is 7.17. The summed E-state index contributed by atoms with van der Waals surface area (Å²) >= 11 is 1.33. The van der Waals surface area contributed by atoms with Gasteiger partial charge in [-0.25, -0.2) is 13.6 Å². The number of oxime groups is 1. The zero-order valence-electron chi connectivity index (χ0n) is 17.4. The van der Waals surface area contributed by atoms with Gasteiger partial charge in [-0.2, -0.15) is 0 Å². The van der Waals surface area contributed by atoms with Crippen LogP contribution >= 0.6 is 11.3 Å². The van der Waals surface area contributed by atoms with Gasteiger partial charge in [0.2, 0.25) is 0 Å². The fraction of sp³-hybridized carbons (Fsp3) is 0.333. The molecule has 2 aromatic rings. The number of esters is 1. The van der Waals surface area contributed by atoms with Gasteiger partial charge in [0.15, 0.2) is 6.61 Å². The van der Waals surface area contributed by atoms with Crippen molar-refractivity contribution in [3.05, 3.63) is 45.8 Å². The molecule has 11 heteroatoms. The lowest BCUT2D eigenvalue weighted by atomic mass is 9.88. The molecule has 1 atom stereocenters. The van der Waals surface area contributed by atoms with Gasteiger partial charge in [-0.05, 0) is 42.9 Å². The van der Waals surface area contributed by atoms with Crippen LogP contribution in [0.5, 0.6) is 0 Å². The standard InChI is InChI=1S/C21H21F2N3O5S/c1-11-3-5-13-16(7-11)32-20(19(13)21(29)30-2)26-18(28)10-31-24-9-17(27)25-15-6-4-12(22)8-14(15)23/h4,6,8-9,11H,3,5,7,10H2,1-2H3,(H,25,27)(H,26,28)/b24-9+. The Labute approximate surface area is 186 Å². The number of benzene rings is 1. The predicted octanol–water partition coefficient (Wildman–Crippen LogP) is 3.52. The van der Waals surface area contributed by atoms with E-state index in [0.717, 1.165) is 41.8 Å². The number of thiophene rings is 1. The van der Waals surface area contributed by atoms with Gasteiger partial charge < -0.3 is 20.2 Å². The second-order valence-corrected chi connectivity index (χ2v) is 8.32. The van der Waals surface area contributed by atoms with Gasteiger partial charge in [0.25, 0.3) is 11.8 Å². The van der Waals surface area contributed by atoms with Crippen LogP contribution in [0.3, 0.4) is 0 Å². The van der Waals surface area contributed by atoms with Gasteiger partial charge in [-0.3, -0.25) is 9.59 Å². The number of hydrogen-bond donors (Lipinski definition) is 2. The molecule has 0 saturated carbocycles. The molecule has 8 nitrogen and oxygen atoms in total. The summed E-state index contributed by atoms with van der Waals surface area (Å²) in [5.41, 5.74) is 1.03. The maximum Gasteiger partial charge on any atom is 0.341 e. The Morgan fingerprint density at radius 3 is 2.78 bits per heavy atom. The molecule has 0 fully saturated rings. The van der Waals surface area contributed by atoms with Crippen LogP contribution in [-0.2, 0) is 32.0 Å². The fourth-order valence-electron chi connectivity index (χ4n) is 3.26. The number of hydrogen-bond acceptors (Lipinski definition) is 7. The van der Waals surface area contributed by atoms with E-state index < -0.39 is 36.0 Å². The summed E-state index contributed by atoms with van der Waals surface area (Å²) in [7, 11) is 1.28. The zero-order valence-corrected chi connectivity index (χ0v) is 18.2. The molecule has 1 aromatic carbocycles. The smallest absolute Gasteiger partial charge is 0.341 e. The SMILES string of the molecule is COC(=O)c1c(NC(=O)CO/N=C/C(=O)Nc2ccc(F)cc2F)sc2c1CCC(C)C2. The van der Waals surface area contributed by atoms with Gasteiger partial charge in [-0.1, -0.05) is 12.1 Å². The summed E-state index contributed by atoms with van der Waals surface area (Å²) in [5, 5.41) is 8.55. The summed E-state index contributed by atoms with van der Waals surface area (Å²) in [6.07, 6.45) is 3.21. The molecule has 0 spiro atoms. The highest BCUT2D eigenvalue weighted by atomic mass is 32.1. The van der Waals surface area contributed by atoms with Crippen LogP contribution in [0.15, 0.2) is 23.4 Å². The summed E-state index contributed by atoms with van der Waals surface area (Å²) in [4.78, 5) is 42.0. The number of ether oxygens (including phenoxy) is 1. The minimum absolute atomic E-state index is 0.230. The van der Waals surface area contributed by atoms with Crippen LogP contribution in [0.4, 0.5) is 19.5 Å². The quantitative estimate of drug-likeness (QED) is 0.370. The van der Waals surface area contributed by atoms with Gasteiger partial charge in [0, 0.05) is 10.9 Å². The number of nitrogens with one attached hydrogen (secondary N) is 2. The molecule has 0 bridgehead atoms.